The van der Waals surface area contributed by atoms with Crippen LogP contribution in [0.5, 0.6) is 0 Å². The SMILES string of the molecule is CC(CCCCc1ccccc1)(c1ccccc1)c1ccccc1. The Bertz CT molecular complexity index is 674. The number of unbranched alkanes of at least 4 members (excludes halogenated alkanes) is 1. The van der Waals surface area contributed by atoms with Gasteiger partial charge in [-0.15, -0.1) is 0 Å². The normalized spacial score (nSPS) is 11.4. The summed E-state index contributed by atoms with van der Waals surface area (Å²) in [4.78, 5) is 0. The predicted octanol–water partition coefficient (Wildman–Crippen LogP) is 6.41. The Hall–Kier alpha value is -2.34. The lowest BCUT2D eigenvalue weighted by Gasteiger charge is -2.31. The van der Waals surface area contributed by atoms with E-state index in [0.29, 0.717) is 0 Å². The highest BCUT2D eigenvalue weighted by Gasteiger charge is 2.27. The number of rotatable bonds is 7. The molecule has 0 saturated heterocycles. The minimum absolute atomic E-state index is 0.0825. The highest BCUT2D eigenvalue weighted by molar-refractivity contribution is 5.38. The molecule has 0 aliphatic carbocycles. The van der Waals surface area contributed by atoms with Crippen molar-refractivity contribution in [1.82, 2.24) is 0 Å². The highest BCUT2D eigenvalue weighted by Crippen LogP contribution is 2.36. The molecular weight excluding hydrogens is 288 g/mol. The molecule has 3 rings (SSSR count). The van der Waals surface area contributed by atoms with Crippen molar-refractivity contribution in [3.63, 3.8) is 0 Å². The molecule has 0 aliphatic heterocycles. The van der Waals surface area contributed by atoms with Crippen molar-refractivity contribution in [2.24, 2.45) is 0 Å². The van der Waals surface area contributed by atoms with Gasteiger partial charge in [-0.2, -0.15) is 0 Å². The molecule has 0 bridgehead atoms. The van der Waals surface area contributed by atoms with Crippen LogP contribution in [0.4, 0.5) is 0 Å². The third kappa shape index (κ3) is 3.94. The van der Waals surface area contributed by atoms with E-state index in [1.807, 2.05) is 0 Å². The summed E-state index contributed by atoms with van der Waals surface area (Å²) in [6.45, 7) is 2.39. The molecule has 0 fully saturated rings. The Morgan fingerprint density at radius 1 is 0.583 bits per heavy atom. The van der Waals surface area contributed by atoms with Crippen LogP contribution >= 0.6 is 0 Å². The summed E-state index contributed by atoms with van der Waals surface area (Å²) in [7, 11) is 0. The molecule has 0 N–H and O–H groups in total. The zero-order chi connectivity index (χ0) is 16.7. The molecule has 24 heavy (non-hydrogen) atoms. The topological polar surface area (TPSA) is 0 Å². The smallest absolute Gasteiger partial charge is 0.0174 e. The van der Waals surface area contributed by atoms with Gasteiger partial charge < -0.3 is 0 Å². The fraction of sp³-hybridized carbons (Fsp3) is 0.250. The van der Waals surface area contributed by atoms with Gasteiger partial charge in [0.2, 0.25) is 0 Å². The summed E-state index contributed by atoms with van der Waals surface area (Å²) >= 11 is 0. The zero-order valence-corrected chi connectivity index (χ0v) is 14.5. The Labute approximate surface area is 146 Å². The van der Waals surface area contributed by atoms with Crippen LogP contribution in [0.15, 0.2) is 91.0 Å². The molecule has 0 spiro atoms. The quantitative estimate of drug-likeness (QED) is 0.442. The second-order valence-corrected chi connectivity index (χ2v) is 6.76. The maximum absolute atomic E-state index is 2.39. The lowest BCUT2D eigenvalue weighted by Crippen LogP contribution is -2.23. The molecule has 122 valence electrons. The minimum Gasteiger partial charge on any atom is -0.0622 e. The molecule has 3 aromatic rings. The van der Waals surface area contributed by atoms with Crippen molar-refractivity contribution in [3.8, 4) is 0 Å². The van der Waals surface area contributed by atoms with Gasteiger partial charge in [-0.1, -0.05) is 104 Å². The molecule has 0 aromatic heterocycles. The molecule has 0 nitrogen and oxygen atoms in total. The second-order valence-electron chi connectivity index (χ2n) is 6.76. The first-order valence-electron chi connectivity index (χ1n) is 8.94. The van der Waals surface area contributed by atoms with Crippen LogP contribution in [0.2, 0.25) is 0 Å². The summed E-state index contributed by atoms with van der Waals surface area (Å²) < 4.78 is 0. The van der Waals surface area contributed by atoms with Gasteiger partial charge in [-0.3, -0.25) is 0 Å². The Balaban J connectivity index is 1.72. The molecule has 0 unspecified atom stereocenters. The minimum atomic E-state index is 0.0825. The zero-order valence-electron chi connectivity index (χ0n) is 14.5. The monoisotopic (exact) mass is 314 g/mol. The van der Waals surface area contributed by atoms with E-state index in [2.05, 4.69) is 97.9 Å². The van der Waals surface area contributed by atoms with Crippen molar-refractivity contribution in [1.29, 1.82) is 0 Å². The summed E-state index contributed by atoms with van der Waals surface area (Å²) in [5.74, 6) is 0. The predicted molar refractivity (Wildman–Crippen MR) is 103 cm³/mol. The maximum Gasteiger partial charge on any atom is 0.0174 e. The number of hydrogen-bond donors (Lipinski definition) is 0. The van der Waals surface area contributed by atoms with E-state index in [0.717, 1.165) is 0 Å². The van der Waals surface area contributed by atoms with Crippen molar-refractivity contribution in [2.45, 2.75) is 38.0 Å². The summed E-state index contributed by atoms with van der Waals surface area (Å²) in [5.41, 5.74) is 4.35. The largest absolute Gasteiger partial charge is 0.0622 e. The van der Waals surface area contributed by atoms with Crippen molar-refractivity contribution in [2.75, 3.05) is 0 Å². The number of benzene rings is 3. The van der Waals surface area contributed by atoms with Crippen LogP contribution in [0.3, 0.4) is 0 Å². The lowest BCUT2D eigenvalue weighted by molar-refractivity contribution is 0.485. The van der Waals surface area contributed by atoms with E-state index >= 15 is 0 Å². The Kier molecular flexibility index (Phi) is 5.48. The molecule has 0 heteroatoms. The van der Waals surface area contributed by atoms with E-state index in [1.165, 1.54) is 42.4 Å². The van der Waals surface area contributed by atoms with Crippen molar-refractivity contribution in [3.05, 3.63) is 108 Å². The van der Waals surface area contributed by atoms with Gasteiger partial charge in [0, 0.05) is 5.41 Å². The highest BCUT2D eigenvalue weighted by atomic mass is 14.3. The van der Waals surface area contributed by atoms with Crippen LogP contribution in [0.25, 0.3) is 0 Å². The first kappa shape index (κ1) is 16.5. The molecule has 3 aromatic carbocycles. The van der Waals surface area contributed by atoms with Crippen molar-refractivity contribution >= 4 is 0 Å². The van der Waals surface area contributed by atoms with E-state index < -0.39 is 0 Å². The molecule has 0 radical (unpaired) electrons. The molecule has 0 saturated carbocycles. The molecular formula is C24H26. The molecule has 0 heterocycles. The van der Waals surface area contributed by atoms with Gasteiger partial charge in [-0.25, -0.2) is 0 Å². The standard InChI is InChI=1S/C24H26/c1-24(22-16-7-3-8-17-22,23-18-9-4-10-19-23)20-12-11-15-21-13-5-2-6-14-21/h2-10,13-14,16-19H,11-12,15,20H2,1H3. The van der Waals surface area contributed by atoms with Gasteiger partial charge in [0.15, 0.2) is 0 Å². The Morgan fingerprint density at radius 3 is 1.54 bits per heavy atom. The van der Waals surface area contributed by atoms with Gasteiger partial charge in [-0.05, 0) is 36.0 Å². The van der Waals surface area contributed by atoms with Gasteiger partial charge >= 0.3 is 0 Å². The number of hydrogen-bond acceptors (Lipinski definition) is 0. The molecule has 0 aliphatic rings. The summed E-state index contributed by atoms with van der Waals surface area (Å²) in [6.07, 6.45) is 4.81. The number of aryl methyl sites for hydroxylation is 1. The average Bonchev–Trinajstić information content (AvgIpc) is 2.67. The Morgan fingerprint density at radius 2 is 1.04 bits per heavy atom. The second kappa shape index (κ2) is 7.97. The van der Waals surface area contributed by atoms with Crippen molar-refractivity contribution < 1.29 is 0 Å². The van der Waals surface area contributed by atoms with Crippen LogP contribution < -0.4 is 0 Å². The van der Waals surface area contributed by atoms with Crippen LogP contribution in [-0.2, 0) is 11.8 Å². The van der Waals surface area contributed by atoms with Crippen LogP contribution in [0, 0.1) is 0 Å². The maximum atomic E-state index is 2.39. The summed E-state index contributed by atoms with van der Waals surface area (Å²) in [5, 5.41) is 0. The average molecular weight is 314 g/mol. The van der Waals surface area contributed by atoms with Crippen LogP contribution in [0.1, 0.15) is 42.9 Å². The third-order valence-corrected chi connectivity index (χ3v) is 5.06. The van der Waals surface area contributed by atoms with Crippen LogP contribution in [-0.4, -0.2) is 0 Å². The fourth-order valence-corrected chi connectivity index (χ4v) is 3.52. The first-order chi connectivity index (χ1) is 11.8. The van der Waals surface area contributed by atoms with Gasteiger partial charge in [0.05, 0.1) is 0 Å². The molecule has 0 amide bonds. The van der Waals surface area contributed by atoms with Gasteiger partial charge in [0.1, 0.15) is 0 Å². The third-order valence-electron chi connectivity index (χ3n) is 5.06. The fourth-order valence-electron chi connectivity index (χ4n) is 3.52. The van der Waals surface area contributed by atoms with E-state index in [-0.39, 0.29) is 5.41 Å². The van der Waals surface area contributed by atoms with E-state index in [9.17, 15) is 0 Å². The summed E-state index contributed by atoms with van der Waals surface area (Å²) in [6, 6.07) is 32.7. The first-order valence-corrected chi connectivity index (χ1v) is 8.94. The lowest BCUT2D eigenvalue weighted by atomic mass is 9.72. The van der Waals surface area contributed by atoms with E-state index in [4.69, 9.17) is 0 Å². The molecule has 0 atom stereocenters. The van der Waals surface area contributed by atoms with E-state index in [1.54, 1.807) is 0 Å². The van der Waals surface area contributed by atoms with Gasteiger partial charge in [0.25, 0.3) is 0 Å².